The monoisotopic (exact) mass is 540 g/mol. The van der Waals surface area contributed by atoms with Crippen LogP contribution in [0.5, 0.6) is 0 Å². The van der Waals surface area contributed by atoms with Crippen molar-refractivity contribution in [1.82, 2.24) is 29.7 Å². The van der Waals surface area contributed by atoms with Crippen molar-refractivity contribution in [2.75, 3.05) is 33.2 Å². The van der Waals surface area contributed by atoms with Gasteiger partial charge in [0.05, 0.1) is 12.2 Å². The van der Waals surface area contributed by atoms with Crippen LogP contribution in [0, 0.1) is 20.8 Å². The van der Waals surface area contributed by atoms with Crippen LogP contribution in [0.15, 0.2) is 47.5 Å². The van der Waals surface area contributed by atoms with Crippen LogP contribution < -0.4 is 5.56 Å². The SMILES string of the molecule is Cc1cc(C)c(CN(C(=O)c2cc(-c3ccc(CN4CCN(C)CC4)nc3)cc3[nH]cc(C)c23)C(C)C)c(=O)[nH]1. The molecule has 0 saturated carbocycles. The maximum Gasteiger partial charge on any atom is 0.255 e. The Balaban J connectivity index is 1.47. The van der Waals surface area contributed by atoms with E-state index in [2.05, 4.69) is 45.0 Å². The van der Waals surface area contributed by atoms with Crippen LogP contribution >= 0.6 is 0 Å². The summed E-state index contributed by atoms with van der Waals surface area (Å²) in [4.78, 5) is 44.6. The Labute approximate surface area is 236 Å². The number of nitrogens with zero attached hydrogens (tertiary/aromatic N) is 4. The molecular weight excluding hydrogens is 500 g/mol. The van der Waals surface area contributed by atoms with E-state index in [4.69, 9.17) is 4.98 Å². The third kappa shape index (κ3) is 5.74. The molecule has 8 nitrogen and oxygen atoms in total. The van der Waals surface area contributed by atoms with Crippen molar-refractivity contribution < 1.29 is 4.79 Å². The first-order valence-corrected chi connectivity index (χ1v) is 14.1. The predicted octanol–water partition coefficient (Wildman–Crippen LogP) is 4.64. The minimum Gasteiger partial charge on any atom is -0.361 e. The average Bonchev–Trinajstić information content (AvgIpc) is 3.29. The molecule has 210 valence electrons. The summed E-state index contributed by atoms with van der Waals surface area (Å²) >= 11 is 0. The molecule has 2 N–H and O–H groups in total. The van der Waals surface area contributed by atoms with Crippen molar-refractivity contribution in [2.45, 2.75) is 53.8 Å². The molecule has 1 saturated heterocycles. The summed E-state index contributed by atoms with van der Waals surface area (Å²) in [5, 5.41) is 0.911. The highest BCUT2D eigenvalue weighted by molar-refractivity contribution is 6.09. The fourth-order valence-corrected chi connectivity index (χ4v) is 5.59. The fourth-order valence-electron chi connectivity index (χ4n) is 5.59. The fraction of sp³-hybridized carbons (Fsp3) is 0.406. The smallest absolute Gasteiger partial charge is 0.255 e. The Morgan fingerprint density at radius 1 is 1.02 bits per heavy atom. The number of piperazine rings is 1. The molecule has 4 heterocycles. The van der Waals surface area contributed by atoms with Crippen molar-refractivity contribution in [3.05, 3.63) is 86.7 Å². The van der Waals surface area contributed by atoms with E-state index in [1.54, 1.807) is 4.90 Å². The lowest BCUT2D eigenvalue weighted by Gasteiger charge is -2.32. The van der Waals surface area contributed by atoms with Gasteiger partial charge in [-0.3, -0.25) is 19.5 Å². The Morgan fingerprint density at radius 2 is 1.77 bits per heavy atom. The van der Waals surface area contributed by atoms with Crippen molar-refractivity contribution in [1.29, 1.82) is 0 Å². The molecule has 1 amide bonds. The molecule has 1 fully saturated rings. The second-order valence-corrected chi connectivity index (χ2v) is 11.5. The van der Waals surface area contributed by atoms with E-state index >= 15 is 0 Å². The second kappa shape index (κ2) is 11.4. The predicted molar refractivity (Wildman–Crippen MR) is 161 cm³/mol. The van der Waals surface area contributed by atoms with E-state index in [1.165, 1.54) is 0 Å². The largest absolute Gasteiger partial charge is 0.361 e. The molecule has 40 heavy (non-hydrogen) atoms. The van der Waals surface area contributed by atoms with Crippen molar-refractivity contribution in [3.63, 3.8) is 0 Å². The van der Waals surface area contributed by atoms with Crippen LogP contribution in [-0.4, -0.2) is 74.8 Å². The van der Waals surface area contributed by atoms with Crippen LogP contribution in [0.4, 0.5) is 0 Å². The molecule has 1 aromatic carbocycles. The van der Waals surface area contributed by atoms with Gasteiger partial charge in [-0.15, -0.1) is 0 Å². The Bertz CT molecular complexity index is 1580. The van der Waals surface area contributed by atoms with Gasteiger partial charge in [-0.2, -0.15) is 0 Å². The van der Waals surface area contributed by atoms with Crippen LogP contribution in [-0.2, 0) is 13.1 Å². The number of rotatable bonds is 7. The molecule has 1 aliphatic heterocycles. The molecular formula is C32H40N6O2. The van der Waals surface area contributed by atoms with Gasteiger partial charge >= 0.3 is 0 Å². The zero-order valence-electron chi connectivity index (χ0n) is 24.5. The number of H-pyrrole nitrogens is 2. The number of benzene rings is 1. The molecule has 0 bridgehead atoms. The van der Waals surface area contributed by atoms with Gasteiger partial charge in [-0.05, 0) is 82.6 Å². The number of pyridine rings is 2. The third-order valence-electron chi connectivity index (χ3n) is 8.05. The molecule has 0 spiro atoms. The van der Waals surface area contributed by atoms with Gasteiger partial charge in [0, 0.05) is 84.4 Å². The van der Waals surface area contributed by atoms with Gasteiger partial charge in [-0.1, -0.05) is 6.07 Å². The van der Waals surface area contributed by atoms with Crippen LogP contribution in [0.25, 0.3) is 22.0 Å². The number of nitrogens with one attached hydrogen (secondary N) is 2. The van der Waals surface area contributed by atoms with Gasteiger partial charge in [0.15, 0.2) is 0 Å². The summed E-state index contributed by atoms with van der Waals surface area (Å²) in [6, 6.07) is 10.1. The number of likely N-dealkylation sites (N-methyl/N-ethyl adjacent to an activating group) is 1. The van der Waals surface area contributed by atoms with E-state index < -0.39 is 0 Å². The number of carbonyl (C=O) groups excluding carboxylic acids is 1. The first-order chi connectivity index (χ1) is 19.1. The molecule has 0 aliphatic carbocycles. The number of aromatic nitrogens is 3. The molecule has 1 aliphatic rings. The second-order valence-electron chi connectivity index (χ2n) is 11.5. The van der Waals surface area contributed by atoms with Crippen LogP contribution in [0.1, 0.15) is 52.3 Å². The number of aromatic amines is 2. The van der Waals surface area contributed by atoms with Crippen LogP contribution in [0.3, 0.4) is 0 Å². The van der Waals surface area contributed by atoms with E-state index in [9.17, 15) is 9.59 Å². The average molecular weight is 541 g/mol. The highest BCUT2D eigenvalue weighted by Crippen LogP contribution is 2.31. The summed E-state index contributed by atoms with van der Waals surface area (Å²) < 4.78 is 0. The van der Waals surface area contributed by atoms with Gasteiger partial charge in [0.2, 0.25) is 0 Å². The number of hydrogen-bond donors (Lipinski definition) is 2. The number of amides is 1. The lowest BCUT2D eigenvalue weighted by Crippen LogP contribution is -2.43. The standard InChI is InChI=1S/C32H40N6O2/c1-20(2)38(19-28-21(3)13-23(5)35-31(28)39)32(40)27-14-25(15-29-30(27)22(4)16-34-29)24-7-8-26(33-17-24)18-37-11-9-36(6)10-12-37/h7-8,13-17,20,34H,9-12,18-19H2,1-6H3,(H,35,39). The minimum atomic E-state index is -0.143. The molecule has 8 heteroatoms. The lowest BCUT2D eigenvalue weighted by molar-refractivity contribution is 0.0691. The molecule has 5 rings (SSSR count). The summed E-state index contributed by atoms with van der Waals surface area (Å²) in [6.07, 6.45) is 3.85. The van der Waals surface area contributed by atoms with Gasteiger partial charge < -0.3 is 19.8 Å². The quantitative estimate of drug-likeness (QED) is 0.357. The number of hydrogen-bond acceptors (Lipinski definition) is 5. The normalized spacial score (nSPS) is 14.8. The maximum atomic E-state index is 14.2. The minimum absolute atomic E-state index is 0.0939. The molecule has 0 radical (unpaired) electrons. The van der Waals surface area contributed by atoms with Gasteiger partial charge in [0.25, 0.3) is 11.5 Å². The highest BCUT2D eigenvalue weighted by atomic mass is 16.2. The third-order valence-corrected chi connectivity index (χ3v) is 8.05. The summed E-state index contributed by atoms with van der Waals surface area (Å²) in [7, 11) is 2.16. The molecule has 0 unspecified atom stereocenters. The van der Waals surface area contributed by atoms with Crippen molar-refractivity contribution in [3.8, 4) is 11.1 Å². The zero-order valence-corrected chi connectivity index (χ0v) is 24.5. The summed E-state index contributed by atoms with van der Waals surface area (Å²) in [5.41, 5.74) is 7.67. The first kappa shape index (κ1) is 27.8. The Morgan fingerprint density at radius 3 is 2.42 bits per heavy atom. The van der Waals surface area contributed by atoms with Crippen LogP contribution in [0.2, 0.25) is 0 Å². The molecule has 0 atom stereocenters. The number of fused-ring (bicyclic) bond motifs is 1. The Kier molecular flexibility index (Phi) is 7.92. The van der Waals surface area contributed by atoms with E-state index in [1.807, 2.05) is 59.1 Å². The Hall–Kier alpha value is -3.75. The highest BCUT2D eigenvalue weighted by Gasteiger charge is 2.25. The lowest BCUT2D eigenvalue weighted by atomic mass is 9.98. The van der Waals surface area contributed by atoms with E-state index in [0.717, 1.165) is 77.3 Å². The van der Waals surface area contributed by atoms with Crippen molar-refractivity contribution in [2.24, 2.45) is 0 Å². The summed E-state index contributed by atoms with van der Waals surface area (Å²) in [6.45, 7) is 15.1. The van der Waals surface area contributed by atoms with Gasteiger partial charge in [-0.25, -0.2) is 0 Å². The van der Waals surface area contributed by atoms with Gasteiger partial charge in [0.1, 0.15) is 0 Å². The van der Waals surface area contributed by atoms with E-state index in [-0.39, 0.29) is 24.1 Å². The number of carbonyl (C=O) groups is 1. The topological polar surface area (TPSA) is 88.3 Å². The first-order valence-electron chi connectivity index (χ1n) is 14.1. The molecule has 3 aromatic heterocycles. The zero-order chi connectivity index (χ0) is 28.6. The summed E-state index contributed by atoms with van der Waals surface area (Å²) in [5.74, 6) is -0.0939. The number of aryl methyl sites for hydroxylation is 3. The maximum absolute atomic E-state index is 14.2. The van der Waals surface area contributed by atoms with E-state index in [0.29, 0.717) is 11.1 Å². The molecule has 4 aromatic rings. The van der Waals surface area contributed by atoms with Crippen molar-refractivity contribution >= 4 is 16.8 Å².